The van der Waals surface area contributed by atoms with E-state index in [9.17, 15) is 18.5 Å². The third-order valence-electron chi connectivity index (χ3n) is 4.51. The summed E-state index contributed by atoms with van der Waals surface area (Å²) < 4.78 is 28.7. The quantitative estimate of drug-likeness (QED) is 0.568. The third kappa shape index (κ3) is 4.27. The van der Waals surface area contributed by atoms with Crippen LogP contribution in [0.2, 0.25) is 0 Å². The van der Waals surface area contributed by atoms with Gasteiger partial charge in [-0.2, -0.15) is 0 Å². The Labute approximate surface area is 164 Å². The van der Waals surface area contributed by atoms with Crippen molar-refractivity contribution in [2.24, 2.45) is 0 Å². The Balaban J connectivity index is 2.12. The molecule has 3 rings (SSSR count). The van der Waals surface area contributed by atoms with Gasteiger partial charge in [0, 0.05) is 6.54 Å². The van der Waals surface area contributed by atoms with Gasteiger partial charge < -0.3 is 10.2 Å². The first-order valence-electron chi connectivity index (χ1n) is 8.71. The van der Waals surface area contributed by atoms with Crippen molar-refractivity contribution in [3.05, 3.63) is 65.5 Å². The van der Waals surface area contributed by atoms with Crippen LogP contribution in [0.15, 0.2) is 53.4 Å². The monoisotopic (exact) mass is 401 g/mol. The number of carboxylic acid groups (broad SMARTS) is 1. The van der Waals surface area contributed by atoms with Gasteiger partial charge in [0.05, 0.1) is 17.9 Å². The van der Waals surface area contributed by atoms with E-state index in [1.165, 1.54) is 12.1 Å². The summed E-state index contributed by atoms with van der Waals surface area (Å²) in [6.07, 6.45) is -0.126. The highest BCUT2D eigenvalue weighted by atomic mass is 32.2. The summed E-state index contributed by atoms with van der Waals surface area (Å²) >= 11 is 0. The summed E-state index contributed by atoms with van der Waals surface area (Å²) in [5.41, 5.74) is 2.98. The minimum atomic E-state index is -1.44. The highest BCUT2D eigenvalue weighted by molar-refractivity contribution is 7.83. The lowest BCUT2D eigenvalue weighted by atomic mass is 9.89. The van der Waals surface area contributed by atoms with Crippen LogP contribution in [-0.2, 0) is 22.2 Å². The first-order valence-corrected chi connectivity index (χ1v) is 9.86. The minimum absolute atomic E-state index is 0.114. The Morgan fingerprint density at radius 2 is 1.86 bits per heavy atom. The van der Waals surface area contributed by atoms with Gasteiger partial charge >= 0.3 is 5.97 Å². The summed E-state index contributed by atoms with van der Waals surface area (Å²) in [4.78, 5) is 11.8. The number of hydrogen-bond acceptors (Lipinski definition) is 3. The summed E-state index contributed by atoms with van der Waals surface area (Å²) in [5.74, 6) is -1.30. The highest BCUT2D eigenvalue weighted by Crippen LogP contribution is 2.35. The Morgan fingerprint density at radius 3 is 2.50 bits per heavy atom. The molecule has 0 saturated heterocycles. The van der Waals surface area contributed by atoms with Crippen LogP contribution in [0.1, 0.15) is 11.1 Å². The number of nitrogens with one attached hydrogen (secondary N) is 1. The molecule has 3 aromatic rings. The van der Waals surface area contributed by atoms with Crippen molar-refractivity contribution in [1.29, 1.82) is 0 Å². The zero-order valence-corrected chi connectivity index (χ0v) is 16.1. The van der Waals surface area contributed by atoms with E-state index in [0.717, 1.165) is 22.1 Å². The number of hydrogen-bond donors (Lipinski definition) is 3. The van der Waals surface area contributed by atoms with E-state index < -0.39 is 17.0 Å². The first-order chi connectivity index (χ1) is 13.4. The summed E-state index contributed by atoms with van der Waals surface area (Å²) in [6, 6.07) is 13.2. The van der Waals surface area contributed by atoms with E-state index in [4.69, 9.17) is 5.11 Å². The fourth-order valence-electron chi connectivity index (χ4n) is 3.21. The molecule has 0 aliphatic rings. The maximum Gasteiger partial charge on any atom is 0.307 e. The van der Waals surface area contributed by atoms with Gasteiger partial charge in [0.25, 0.3) is 0 Å². The largest absolute Gasteiger partial charge is 0.481 e. The molecule has 1 atom stereocenters. The van der Waals surface area contributed by atoms with Gasteiger partial charge in [0.15, 0.2) is 0 Å². The normalized spacial score (nSPS) is 12.2. The lowest BCUT2D eigenvalue weighted by Gasteiger charge is -2.15. The van der Waals surface area contributed by atoms with Crippen molar-refractivity contribution in [3.8, 4) is 11.1 Å². The number of rotatable bonds is 7. The van der Waals surface area contributed by atoms with E-state index in [2.05, 4.69) is 4.72 Å². The number of carboxylic acids is 1. The van der Waals surface area contributed by atoms with E-state index in [1.807, 2.05) is 6.92 Å². The van der Waals surface area contributed by atoms with Crippen molar-refractivity contribution in [2.45, 2.75) is 18.2 Å². The predicted octanol–water partition coefficient (Wildman–Crippen LogP) is 3.19. The SMILES string of the molecule is Cc1c(CC(=O)O)cc2ccc(F)cc2c1-c1ccc(S(=O)NCCO)cc1. The van der Waals surface area contributed by atoms with E-state index >= 15 is 0 Å². The van der Waals surface area contributed by atoms with Crippen LogP contribution in [0.3, 0.4) is 0 Å². The number of carbonyl (C=O) groups is 1. The summed E-state index contributed by atoms with van der Waals surface area (Å²) in [6.45, 7) is 1.93. The second kappa shape index (κ2) is 8.60. The number of aliphatic hydroxyl groups excluding tert-OH is 1. The fourth-order valence-corrected chi connectivity index (χ4v) is 4.04. The highest BCUT2D eigenvalue weighted by Gasteiger charge is 2.15. The molecule has 146 valence electrons. The molecule has 0 amide bonds. The smallest absolute Gasteiger partial charge is 0.307 e. The van der Waals surface area contributed by atoms with Crippen LogP contribution in [0, 0.1) is 12.7 Å². The Morgan fingerprint density at radius 1 is 1.14 bits per heavy atom. The molecule has 28 heavy (non-hydrogen) atoms. The van der Waals surface area contributed by atoms with Crippen molar-refractivity contribution in [2.75, 3.05) is 13.2 Å². The van der Waals surface area contributed by atoms with Gasteiger partial charge in [0.1, 0.15) is 16.8 Å². The standard InChI is InChI=1S/C21H20FNO4S/c1-13-16(11-20(25)26)10-15-2-5-17(22)12-19(15)21(13)14-3-6-18(7-4-14)28(27)23-8-9-24/h2-7,10,12,23-24H,8-9,11H2,1H3,(H,25,26). The maximum atomic E-state index is 13.9. The molecule has 0 saturated carbocycles. The lowest BCUT2D eigenvalue weighted by Crippen LogP contribution is -2.20. The first kappa shape index (κ1) is 20.1. The molecule has 0 aliphatic heterocycles. The number of benzene rings is 3. The van der Waals surface area contributed by atoms with Crippen LogP contribution in [-0.4, -0.2) is 33.5 Å². The van der Waals surface area contributed by atoms with Crippen LogP contribution in [0.25, 0.3) is 21.9 Å². The van der Waals surface area contributed by atoms with Crippen molar-refractivity contribution >= 4 is 27.7 Å². The van der Waals surface area contributed by atoms with Crippen LogP contribution in [0.5, 0.6) is 0 Å². The molecular weight excluding hydrogens is 381 g/mol. The van der Waals surface area contributed by atoms with Crippen molar-refractivity contribution in [1.82, 2.24) is 4.72 Å². The predicted molar refractivity (Wildman–Crippen MR) is 107 cm³/mol. The third-order valence-corrected chi connectivity index (χ3v) is 5.68. The van der Waals surface area contributed by atoms with Gasteiger partial charge in [0.2, 0.25) is 0 Å². The molecule has 0 bridgehead atoms. The minimum Gasteiger partial charge on any atom is -0.481 e. The number of aliphatic hydroxyl groups is 1. The molecule has 3 N–H and O–H groups in total. The Kier molecular flexibility index (Phi) is 6.18. The van der Waals surface area contributed by atoms with Gasteiger partial charge in [-0.25, -0.2) is 13.3 Å². The average Bonchev–Trinajstić information content (AvgIpc) is 2.67. The van der Waals surface area contributed by atoms with E-state index in [0.29, 0.717) is 15.8 Å². The Hall–Kier alpha value is -2.61. The number of fused-ring (bicyclic) bond motifs is 1. The van der Waals surface area contributed by atoms with Gasteiger partial charge in [-0.15, -0.1) is 0 Å². The molecule has 0 fully saturated rings. The molecule has 3 aromatic carbocycles. The summed E-state index contributed by atoms with van der Waals surface area (Å²) in [5, 5.41) is 19.5. The van der Waals surface area contributed by atoms with E-state index in [1.54, 1.807) is 36.4 Å². The van der Waals surface area contributed by atoms with Crippen molar-refractivity contribution in [3.63, 3.8) is 0 Å². The van der Waals surface area contributed by atoms with Crippen LogP contribution in [0.4, 0.5) is 4.39 Å². The number of aliphatic carboxylic acids is 1. The molecule has 0 radical (unpaired) electrons. The van der Waals surface area contributed by atoms with Gasteiger partial charge in [-0.05, 0) is 64.2 Å². The second-order valence-electron chi connectivity index (χ2n) is 6.38. The molecule has 0 heterocycles. The molecule has 0 aromatic heterocycles. The lowest BCUT2D eigenvalue weighted by molar-refractivity contribution is -0.136. The molecule has 0 spiro atoms. The maximum absolute atomic E-state index is 13.9. The van der Waals surface area contributed by atoms with Crippen LogP contribution >= 0.6 is 0 Å². The number of halogens is 1. The zero-order chi connectivity index (χ0) is 20.3. The van der Waals surface area contributed by atoms with Gasteiger partial charge in [-0.3, -0.25) is 4.79 Å². The van der Waals surface area contributed by atoms with Crippen molar-refractivity contribution < 1.29 is 23.6 Å². The second-order valence-corrected chi connectivity index (χ2v) is 7.68. The topological polar surface area (TPSA) is 86.6 Å². The molecule has 7 heteroatoms. The molecular formula is C21H20FNO4S. The molecule has 5 nitrogen and oxygen atoms in total. The fraction of sp³-hybridized carbons (Fsp3) is 0.190. The summed E-state index contributed by atoms with van der Waals surface area (Å²) in [7, 11) is -1.44. The Bertz CT molecular complexity index is 1050. The van der Waals surface area contributed by atoms with Crippen LogP contribution < -0.4 is 4.72 Å². The molecule has 1 unspecified atom stereocenters. The van der Waals surface area contributed by atoms with Gasteiger partial charge in [-0.1, -0.05) is 24.3 Å². The van der Waals surface area contributed by atoms with E-state index in [-0.39, 0.29) is 25.4 Å². The molecule has 0 aliphatic carbocycles. The zero-order valence-electron chi connectivity index (χ0n) is 15.2. The average molecular weight is 401 g/mol.